The maximum atomic E-state index is 12.6. The zero-order valence-corrected chi connectivity index (χ0v) is 10.0. The van der Waals surface area contributed by atoms with Crippen LogP contribution in [-0.4, -0.2) is 22.4 Å². The molecule has 1 aromatic rings. The van der Waals surface area contributed by atoms with Crippen LogP contribution in [0.4, 0.5) is 17.6 Å². The lowest BCUT2D eigenvalue weighted by Gasteiger charge is -2.13. The van der Waals surface area contributed by atoms with Gasteiger partial charge in [0.05, 0.1) is 9.77 Å². The number of aromatic carboxylic acids is 1. The molecule has 17 heavy (non-hydrogen) atoms. The Morgan fingerprint density at radius 2 is 2.12 bits per heavy atom. The molecule has 0 spiro atoms. The molecular formula is C8H4F4INO3. The van der Waals surface area contributed by atoms with E-state index >= 15 is 0 Å². The average molecular weight is 365 g/mol. The normalized spacial score (nSPS) is 11.4. The molecule has 0 bridgehead atoms. The zero-order chi connectivity index (χ0) is 13.2. The van der Waals surface area contributed by atoms with Crippen molar-refractivity contribution in [3.8, 4) is 5.75 Å². The van der Waals surface area contributed by atoms with Crippen LogP contribution in [0, 0.1) is 3.57 Å². The van der Waals surface area contributed by atoms with Crippen molar-refractivity contribution in [2.24, 2.45) is 0 Å². The molecule has 0 radical (unpaired) electrons. The second kappa shape index (κ2) is 5.02. The van der Waals surface area contributed by atoms with Crippen molar-refractivity contribution in [1.29, 1.82) is 0 Å². The fourth-order valence-corrected chi connectivity index (χ4v) is 1.78. The van der Waals surface area contributed by atoms with E-state index in [-0.39, 0.29) is 3.57 Å². The van der Waals surface area contributed by atoms with Crippen molar-refractivity contribution in [2.45, 2.75) is 13.0 Å². The van der Waals surface area contributed by atoms with E-state index in [0.29, 0.717) is 6.20 Å². The van der Waals surface area contributed by atoms with E-state index in [1.807, 2.05) is 0 Å². The first-order valence-corrected chi connectivity index (χ1v) is 5.06. The molecule has 1 rings (SSSR count). The van der Waals surface area contributed by atoms with Crippen LogP contribution in [0.1, 0.15) is 16.1 Å². The molecule has 0 fully saturated rings. The average Bonchev–Trinajstić information content (AvgIpc) is 2.15. The van der Waals surface area contributed by atoms with Gasteiger partial charge in [0, 0.05) is 5.56 Å². The fourth-order valence-electron chi connectivity index (χ4n) is 0.995. The summed E-state index contributed by atoms with van der Waals surface area (Å²) in [5, 5.41) is 8.66. The van der Waals surface area contributed by atoms with E-state index in [9.17, 15) is 22.4 Å². The van der Waals surface area contributed by atoms with Crippen LogP contribution in [0.3, 0.4) is 0 Å². The highest BCUT2D eigenvalue weighted by atomic mass is 127. The third-order valence-corrected chi connectivity index (χ3v) is 2.81. The van der Waals surface area contributed by atoms with Gasteiger partial charge in [-0.1, -0.05) is 0 Å². The lowest BCUT2D eigenvalue weighted by Crippen LogP contribution is -2.19. The molecule has 9 heteroatoms. The van der Waals surface area contributed by atoms with Gasteiger partial charge in [0.25, 0.3) is 0 Å². The minimum atomic E-state index is -4.99. The van der Waals surface area contributed by atoms with Crippen LogP contribution in [0.5, 0.6) is 5.75 Å². The van der Waals surface area contributed by atoms with Gasteiger partial charge in [-0.25, -0.2) is 14.2 Å². The van der Waals surface area contributed by atoms with Gasteiger partial charge in [-0.3, -0.25) is 0 Å². The number of rotatable bonds is 3. The summed E-state index contributed by atoms with van der Waals surface area (Å²) in [4.78, 5) is 13.9. The molecule has 4 nitrogen and oxygen atoms in total. The van der Waals surface area contributed by atoms with Crippen LogP contribution < -0.4 is 4.74 Å². The van der Waals surface area contributed by atoms with Crippen molar-refractivity contribution in [2.75, 3.05) is 0 Å². The summed E-state index contributed by atoms with van der Waals surface area (Å²) < 4.78 is 51.8. The lowest BCUT2D eigenvalue weighted by atomic mass is 10.2. The number of hydrogen-bond donors (Lipinski definition) is 1. The summed E-state index contributed by atoms with van der Waals surface area (Å²) in [5.41, 5.74) is -1.01. The molecular weight excluding hydrogens is 361 g/mol. The maximum absolute atomic E-state index is 12.6. The lowest BCUT2D eigenvalue weighted by molar-refractivity contribution is -0.275. The number of carboxylic acid groups (broad SMARTS) is 1. The predicted molar refractivity (Wildman–Crippen MR) is 55.4 cm³/mol. The first-order valence-electron chi connectivity index (χ1n) is 3.98. The van der Waals surface area contributed by atoms with Crippen molar-refractivity contribution in [3.05, 3.63) is 21.0 Å². The summed E-state index contributed by atoms with van der Waals surface area (Å²) in [5.74, 6) is -2.29. The Hall–Kier alpha value is -1.13. The Morgan fingerprint density at radius 3 is 2.53 bits per heavy atom. The fraction of sp³-hybridized carbons (Fsp3) is 0.250. The number of pyridine rings is 1. The number of alkyl halides is 4. The van der Waals surface area contributed by atoms with Crippen molar-refractivity contribution in [1.82, 2.24) is 4.98 Å². The number of halogens is 5. The summed E-state index contributed by atoms with van der Waals surface area (Å²) >= 11 is 1.40. The molecule has 1 N–H and O–H groups in total. The monoisotopic (exact) mass is 365 g/mol. The Bertz CT molecular complexity index is 449. The summed E-state index contributed by atoms with van der Waals surface area (Å²) in [6.07, 6.45) is -4.45. The minimum absolute atomic E-state index is 0.223. The smallest absolute Gasteiger partial charge is 0.476 e. The van der Waals surface area contributed by atoms with Crippen LogP contribution in [0.25, 0.3) is 0 Å². The van der Waals surface area contributed by atoms with Gasteiger partial charge in [-0.05, 0) is 22.6 Å². The van der Waals surface area contributed by atoms with Gasteiger partial charge in [-0.2, -0.15) is 0 Å². The quantitative estimate of drug-likeness (QED) is 0.661. The molecule has 0 amide bonds. The molecule has 0 unspecified atom stereocenters. The van der Waals surface area contributed by atoms with Gasteiger partial charge in [0.15, 0.2) is 11.4 Å². The minimum Gasteiger partial charge on any atom is -0.476 e. The van der Waals surface area contributed by atoms with Gasteiger partial charge in [0.2, 0.25) is 0 Å². The maximum Gasteiger partial charge on any atom is 0.573 e. The third-order valence-electron chi connectivity index (χ3n) is 1.64. The Kier molecular flexibility index (Phi) is 4.11. The molecule has 94 valence electrons. The molecule has 0 saturated heterocycles. The van der Waals surface area contributed by atoms with Crippen molar-refractivity contribution in [3.63, 3.8) is 0 Å². The highest BCUT2D eigenvalue weighted by Crippen LogP contribution is 2.30. The SMILES string of the molecule is O=C(O)c1ncc(OC(F)(F)F)c(CF)c1I. The van der Waals surface area contributed by atoms with E-state index < -0.39 is 36.0 Å². The molecule has 1 heterocycles. The standard InChI is InChI=1S/C8H4F4INO3/c9-1-3-4(17-8(10,11)12)2-14-6(5(3)13)7(15)16/h2H,1H2,(H,15,16). The first-order chi connectivity index (χ1) is 7.76. The topological polar surface area (TPSA) is 59.4 Å². The largest absolute Gasteiger partial charge is 0.573 e. The van der Waals surface area contributed by atoms with E-state index in [1.54, 1.807) is 0 Å². The van der Waals surface area contributed by atoms with E-state index in [2.05, 4.69) is 9.72 Å². The van der Waals surface area contributed by atoms with Crippen LogP contribution in [-0.2, 0) is 6.67 Å². The van der Waals surface area contributed by atoms with E-state index in [0.717, 1.165) is 0 Å². The molecule has 0 aliphatic rings. The molecule has 0 aliphatic carbocycles. The van der Waals surface area contributed by atoms with Crippen molar-refractivity contribution >= 4 is 28.6 Å². The molecule has 0 saturated carbocycles. The highest BCUT2D eigenvalue weighted by molar-refractivity contribution is 14.1. The predicted octanol–water partition coefficient (Wildman–Crippen LogP) is 2.75. The van der Waals surface area contributed by atoms with Gasteiger partial charge >= 0.3 is 12.3 Å². The second-order valence-corrected chi connectivity index (χ2v) is 3.83. The molecule has 0 atom stereocenters. The molecule has 0 aliphatic heterocycles. The van der Waals surface area contributed by atoms with Crippen LogP contribution >= 0.6 is 22.6 Å². The Balaban J connectivity index is 3.26. The number of nitrogens with zero attached hydrogens (tertiary/aromatic N) is 1. The number of carbonyl (C=O) groups is 1. The number of hydrogen-bond acceptors (Lipinski definition) is 3. The van der Waals surface area contributed by atoms with Gasteiger partial charge < -0.3 is 9.84 Å². The highest BCUT2D eigenvalue weighted by Gasteiger charge is 2.33. The van der Waals surface area contributed by atoms with Crippen LogP contribution in [0.2, 0.25) is 0 Å². The zero-order valence-electron chi connectivity index (χ0n) is 7.89. The summed E-state index contributed by atoms with van der Waals surface area (Å²) in [6.45, 7) is -1.29. The summed E-state index contributed by atoms with van der Waals surface area (Å²) in [6, 6.07) is 0. The first kappa shape index (κ1) is 13.9. The number of carboxylic acids is 1. The molecule has 0 aromatic carbocycles. The van der Waals surface area contributed by atoms with Crippen LogP contribution in [0.15, 0.2) is 6.20 Å². The molecule has 1 aromatic heterocycles. The van der Waals surface area contributed by atoms with Gasteiger partial charge in [0.1, 0.15) is 6.67 Å². The van der Waals surface area contributed by atoms with Crippen molar-refractivity contribution < 1.29 is 32.2 Å². The Morgan fingerprint density at radius 1 is 1.53 bits per heavy atom. The summed E-state index contributed by atoms with van der Waals surface area (Å²) in [7, 11) is 0. The number of ether oxygens (including phenoxy) is 1. The second-order valence-electron chi connectivity index (χ2n) is 2.75. The van der Waals surface area contributed by atoms with Gasteiger partial charge in [-0.15, -0.1) is 13.2 Å². The van der Waals surface area contributed by atoms with E-state index in [1.165, 1.54) is 22.6 Å². The third kappa shape index (κ3) is 3.41. The van der Waals surface area contributed by atoms with E-state index in [4.69, 9.17) is 5.11 Å². The Labute approximate surface area is 106 Å². The number of aromatic nitrogens is 1.